The number of rotatable bonds is 5. The van der Waals surface area contributed by atoms with Gasteiger partial charge < -0.3 is 10.1 Å². The highest BCUT2D eigenvalue weighted by Crippen LogP contribution is 2.39. The summed E-state index contributed by atoms with van der Waals surface area (Å²) in [6, 6.07) is 12.5. The van der Waals surface area contributed by atoms with Crippen molar-refractivity contribution < 1.29 is 27.5 Å². The Hall–Kier alpha value is -3.08. The van der Waals surface area contributed by atoms with Crippen molar-refractivity contribution in [3.05, 3.63) is 65.2 Å². The van der Waals surface area contributed by atoms with Crippen molar-refractivity contribution in [3.8, 4) is 0 Å². The molecule has 1 spiro atoms. The second-order valence-corrected chi connectivity index (χ2v) is 10.6. The second kappa shape index (κ2) is 8.61. The molecule has 2 saturated heterocycles. The lowest BCUT2D eigenvalue weighted by Gasteiger charge is -2.33. The van der Waals surface area contributed by atoms with E-state index in [0.29, 0.717) is 19.6 Å². The van der Waals surface area contributed by atoms with Crippen LogP contribution in [0.3, 0.4) is 0 Å². The number of aryl methyl sites for hydroxylation is 1. The molecule has 3 amide bonds. The summed E-state index contributed by atoms with van der Waals surface area (Å²) in [6.45, 7) is 0.825. The maximum Gasteiger partial charge on any atom is 0.325 e. The largest absolute Gasteiger partial charge is 0.379 e. The quantitative estimate of drug-likeness (QED) is 0.511. The van der Waals surface area contributed by atoms with Crippen LogP contribution in [-0.2, 0) is 31.5 Å². The van der Waals surface area contributed by atoms with Crippen LogP contribution in [0.25, 0.3) is 0 Å². The van der Waals surface area contributed by atoms with E-state index in [4.69, 9.17) is 4.74 Å². The molecular formula is C24H25N3O6S. The number of hydrogen-bond acceptors (Lipinski definition) is 6. The molecule has 2 heterocycles. The Labute approximate surface area is 197 Å². The van der Waals surface area contributed by atoms with Gasteiger partial charge in [0.05, 0.1) is 24.7 Å². The number of amides is 3. The molecule has 1 aliphatic carbocycles. The number of nitrogens with zero attached hydrogens (tertiary/aromatic N) is 2. The normalized spacial score (nSPS) is 23.1. The molecule has 0 unspecified atom stereocenters. The number of Topliss-reactive ketones (excluding diaryl/α,β-unsaturated/α-hetero) is 1. The number of morpholine rings is 1. The van der Waals surface area contributed by atoms with Crippen molar-refractivity contribution >= 4 is 27.7 Å². The molecule has 1 N–H and O–H groups in total. The van der Waals surface area contributed by atoms with Crippen molar-refractivity contribution in [3.63, 3.8) is 0 Å². The van der Waals surface area contributed by atoms with E-state index in [0.717, 1.165) is 28.9 Å². The summed E-state index contributed by atoms with van der Waals surface area (Å²) >= 11 is 0. The number of fused-ring (bicyclic) bond motifs is 2. The molecule has 3 aliphatic rings. The molecule has 2 fully saturated rings. The zero-order chi connectivity index (χ0) is 23.9. The topological polar surface area (TPSA) is 113 Å². The summed E-state index contributed by atoms with van der Waals surface area (Å²) in [5.41, 5.74) is 0.897. The minimum absolute atomic E-state index is 0.0821. The first-order valence-electron chi connectivity index (χ1n) is 11.3. The van der Waals surface area contributed by atoms with Crippen LogP contribution >= 0.6 is 0 Å². The zero-order valence-electron chi connectivity index (χ0n) is 18.5. The summed E-state index contributed by atoms with van der Waals surface area (Å²) in [6.07, 6.45) is 2.07. The van der Waals surface area contributed by atoms with E-state index in [1.54, 1.807) is 0 Å². The van der Waals surface area contributed by atoms with Gasteiger partial charge in [0.25, 0.3) is 5.91 Å². The highest BCUT2D eigenvalue weighted by molar-refractivity contribution is 7.89. The number of sulfonamides is 1. The molecule has 1 atom stereocenters. The highest BCUT2D eigenvalue weighted by Gasteiger charge is 2.54. The Morgan fingerprint density at radius 1 is 1.03 bits per heavy atom. The van der Waals surface area contributed by atoms with E-state index in [2.05, 4.69) is 5.32 Å². The Kier molecular flexibility index (Phi) is 5.75. The number of carbonyl (C=O) groups is 3. The fraction of sp³-hybridized carbons (Fsp3) is 0.375. The summed E-state index contributed by atoms with van der Waals surface area (Å²) in [7, 11) is -3.68. The summed E-state index contributed by atoms with van der Waals surface area (Å²) in [5.74, 6) is -0.871. The van der Waals surface area contributed by atoms with E-state index in [1.165, 1.54) is 28.6 Å². The SMILES string of the molecule is O=C(CN1C(=O)N[C@@]2(CCCc3ccccc32)C1=O)c1ccc(S(=O)(=O)N2CCOCC2)cc1. The van der Waals surface area contributed by atoms with Gasteiger partial charge in [0, 0.05) is 18.7 Å². The molecule has 178 valence electrons. The first kappa shape index (κ1) is 22.7. The Bertz CT molecular complexity index is 1250. The predicted octanol–water partition coefficient (Wildman–Crippen LogP) is 1.67. The van der Waals surface area contributed by atoms with Crippen LogP contribution in [0.5, 0.6) is 0 Å². The Balaban J connectivity index is 1.33. The van der Waals surface area contributed by atoms with Crippen LogP contribution in [0, 0.1) is 0 Å². The van der Waals surface area contributed by atoms with Crippen molar-refractivity contribution in [1.29, 1.82) is 0 Å². The molecule has 0 saturated carbocycles. The van der Waals surface area contributed by atoms with Crippen LogP contribution in [0.1, 0.15) is 34.3 Å². The number of nitrogens with one attached hydrogen (secondary N) is 1. The highest BCUT2D eigenvalue weighted by atomic mass is 32.2. The van der Waals surface area contributed by atoms with Crippen LogP contribution in [0.4, 0.5) is 4.79 Å². The third-order valence-corrected chi connectivity index (χ3v) is 8.65. The minimum Gasteiger partial charge on any atom is -0.379 e. The molecule has 0 radical (unpaired) electrons. The molecule has 9 nitrogen and oxygen atoms in total. The maximum atomic E-state index is 13.4. The summed E-state index contributed by atoms with van der Waals surface area (Å²) in [5, 5.41) is 2.84. The minimum atomic E-state index is -3.68. The molecule has 0 aromatic heterocycles. The van der Waals surface area contributed by atoms with Crippen LogP contribution in [0.2, 0.25) is 0 Å². The lowest BCUT2D eigenvalue weighted by atomic mass is 9.76. The van der Waals surface area contributed by atoms with Gasteiger partial charge in [-0.3, -0.25) is 14.5 Å². The zero-order valence-corrected chi connectivity index (χ0v) is 19.3. The number of ether oxygens (including phenoxy) is 1. The predicted molar refractivity (Wildman–Crippen MR) is 122 cm³/mol. The third-order valence-electron chi connectivity index (χ3n) is 6.74. The van der Waals surface area contributed by atoms with Crippen LogP contribution in [0.15, 0.2) is 53.4 Å². The molecule has 10 heteroatoms. The van der Waals surface area contributed by atoms with Gasteiger partial charge in [-0.2, -0.15) is 4.31 Å². The van der Waals surface area contributed by atoms with E-state index in [9.17, 15) is 22.8 Å². The average Bonchev–Trinajstić information content (AvgIpc) is 3.09. The monoisotopic (exact) mass is 483 g/mol. The average molecular weight is 484 g/mol. The van der Waals surface area contributed by atoms with Crippen molar-refractivity contribution in [2.45, 2.75) is 29.7 Å². The molecule has 2 aromatic rings. The third kappa shape index (κ3) is 3.71. The van der Waals surface area contributed by atoms with Gasteiger partial charge >= 0.3 is 6.03 Å². The first-order chi connectivity index (χ1) is 16.3. The van der Waals surface area contributed by atoms with Crippen molar-refractivity contribution in [2.75, 3.05) is 32.8 Å². The standard InChI is InChI=1S/C24H25N3O6S/c28-21(18-7-9-19(10-8-18)34(31,32)26-12-14-33-15-13-26)16-27-22(29)24(25-23(27)30)11-3-5-17-4-1-2-6-20(17)24/h1-2,4,6-10H,3,5,11-16H2,(H,25,30)/t24-/m1/s1. The van der Waals surface area contributed by atoms with Crippen LogP contribution < -0.4 is 5.32 Å². The van der Waals surface area contributed by atoms with Gasteiger partial charge in [0.1, 0.15) is 5.54 Å². The van der Waals surface area contributed by atoms with Gasteiger partial charge in [-0.1, -0.05) is 24.3 Å². The number of benzene rings is 2. The van der Waals surface area contributed by atoms with E-state index in [-0.39, 0.29) is 23.5 Å². The number of ketones is 1. The molecular weight excluding hydrogens is 458 g/mol. The lowest BCUT2D eigenvalue weighted by Crippen LogP contribution is -2.46. The lowest BCUT2D eigenvalue weighted by molar-refractivity contribution is -0.131. The van der Waals surface area contributed by atoms with E-state index >= 15 is 0 Å². The smallest absolute Gasteiger partial charge is 0.325 e. The van der Waals surface area contributed by atoms with Gasteiger partial charge in [-0.25, -0.2) is 13.2 Å². The fourth-order valence-electron chi connectivity index (χ4n) is 4.94. The molecule has 0 bridgehead atoms. The van der Waals surface area contributed by atoms with Crippen LogP contribution in [-0.4, -0.2) is 68.2 Å². The number of hydrogen-bond donors (Lipinski definition) is 1. The number of imide groups is 1. The second-order valence-electron chi connectivity index (χ2n) is 8.70. The number of carbonyl (C=O) groups excluding carboxylic acids is 3. The van der Waals surface area contributed by atoms with Crippen molar-refractivity contribution in [2.24, 2.45) is 0 Å². The molecule has 2 aliphatic heterocycles. The fourth-order valence-corrected chi connectivity index (χ4v) is 6.35. The molecule has 34 heavy (non-hydrogen) atoms. The first-order valence-corrected chi connectivity index (χ1v) is 12.7. The van der Waals surface area contributed by atoms with E-state index < -0.39 is 39.8 Å². The van der Waals surface area contributed by atoms with Gasteiger partial charge in [0.15, 0.2) is 5.78 Å². The Morgan fingerprint density at radius 2 is 1.74 bits per heavy atom. The Morgan fingerprint density at radius 3 is 2.47 bits per heavy atom. The molecule has 2 aromatic carbocycles. The number of urea groups is 1. The van der Waals surface area contributed by atoms with Gasteiger partial charge in [-0.15, -0.1) is 0 Å². The maximum absolute atomic E-state index is 13.4. The van der Waals surface area contributed by atoms with Gasteiger partial charge in [0.2, 0.25) is 10.0 Å². The van der Waals surface area contributed by atoms with E-state index in [1.807, 2.05) is 24.3 Å². The van der Waals surface area contributed by atoms with Crippen molar-refractivity contribution in [1.82, 2.24) is 14.5 Å². The molecule has 5 rings (SSSR count). The summed E-state index contributed by atoms with van der Waals surface area (Å²) < 4.78 is 32.1. The van der Waals surface area contributed by atoms with Gasteiger partial charge in [-0.05, 0) is 54.7 Å². The summed E-state index contributed by atoms with van der Waals surface area (Å²) in [4.78, 5) is 40.1.